The summed E-state index contributed by atoms with van der Waals surface area (Å²) in [6.45, 7) is 3.89. The van der Waals surface area contributed by atoms with Crippen LogP contribution in [0, 0.1) is 0 Å². The van der Waals surface area contributed by atoms with Gasteiger partial charge in [0, 0.05) is 50.4 Å². The van der Waals surface area contributed by atoms with E-state index in [0.717, 1.165) is 31.7 Å². The van der Waals surface area contributed by atoms with Gasteiger partial charge in [0.2, 0.25) is 0 Å². The Balaban J connectivity index is 1.63. The summed E-state index contributed by atoms with van der Waals surface area (Å²) in [6.07, 6.45) is -8.31. The first-order chi connectivity index (χ1) is 16.9. The fourth-order valence-corrected chi connectivity index (χ4v) is 5.14. The molecule has 2 aromatic carbocycles. The number of benzene rings is 2. The number of carbonyl (C=O) groups excluding carboxylic acids is 1. The van der Waals surface area contributed by atoms with Gasteiger partial charge in [-0.25, -0.2) is 0 Å². The Bertz CT molecular complexity index is 1020. The third kappa shape index (κ3) is 6.21. The summed E-state index contributed by atoms with van der Waals surface area (Å²) in [5.41, 5.74) is -2.59. The van der Waals surface area contributed by atoms with Gasteiger partial charge in [0.15, 0.2) is 0 Å². The van der Waals surface area contributed by atoms with Crippen LogP contribution >= 0.6 is 0 Å². The van der Waals surface area contributed by atoms with Crippen LogP contribution in [0.3, 0.4) is 0 Å². The van der Waals surface area contributed by atoms with Crippen LogP contribution in [-0.2, 0) is 18.8 Å². The van der Waals surface area contributed by atoms with Crippen molar-refractivity contribution in [3.63, 3.8) is 0 Å². The molecule has 0 bridgehead atoms. The van der Waals surface area contributed by atoms with Crippen molar-refractivity contribution in [1.29, 1.82) is 0 Å². The summed E-state index contributed by atoms with van der Waals surface area (Å²) >= 11 is 0. The number of piperidine rings is 1. The molecule has 0 aromatic heterocycles. The molecule has 196 valence electrons. The van der Waals surface area contributed by atoms with Gasteiger partial charge in [0.25, 0.3) is 5.91 Å². The average molecular weight is 514 g/mol. The molecular formula is C26H29F6N3O. The number of nitrogens with zero attached hydrogens (tertiary/aromatic N) is 3. The number of halogens is 6. The largest absolute Gasteiger partial charge is 0.416 e. The molecule has 2 saturated heterocycles. The quantitative estimate of drug-likeness (QED) is 0.527. The number of piperazine rings is 1. The molecule has 2 aromatic rings. The first kappa shape index (κ1) is 26.5. The molecule has 2 atom stereocenters. The van der Waals surface area contributed by atoms with Crippen molar-refractivity contribution >= 4 is 5.91 Å². The number of rotatable bonds is 4. The SMILES string of the molecule is CN1CCN(C2CCN(C(=O)c3cc(C(F)(F)F)cc(C(F)(F)F)c3)C(Cc3ccccc3)C2)CC1. The lowest BCUT2D eigenvalue weighted by Gasteiger charge is -2.46. The van der Waals surface area contributed by atoms with E-state index in [2.05, 4.69) is 16.8 Å². The van der Waals surface area contributed by atoms with Gasteiger partial charge in [-0.15, -0.1) is 0 Å². The predicted octanol–water partition coefficient (Wildman–Crippen LogP) is 5.19. The number of amides is 1. The van der Waals surface area contributed by atoms with Crippen molar-refractivity contribution in [1.82, 2.24) is 14.7 Å². The van der Waals surface area contributed by atoms with Gasteiger partial charge in [-0.3, -0.25) is 9.69 Å². The normalized spacial score (nSPS) is 22.6. The molecule has 2 aliphatic rings. The molecule has 4 nitrogen and oxygen atoms in total. The Hall–Kier alpha value is -2.59. The minimum atomic E-state index is -5.01. The van der Waals surface area contributed by atoms with Crippen molar-refractivity contribution in [3.8, 4) is 0 Å². The lowest BCUT2D eigenvalue weighted by molar-refractivity contribution is -0.143. The van der Waals surface area contributed by atoms with E-state index < -0.39 is 35.0 Å². The molecule has 0 N–H and O–H groups in total. The van der Waals surface area contributed by atoms with E-state index in [0.29, 0.717) is 31.4 Å². The predicted molar refractivity (Wildman–Crippen MR) is 124 cm³/mol. The van der Waals surface area contributed by atoms with Crippen LogP contribution < -0.4 is 0 Å². The zero-order valence-corrected chi connectivity index (χ0v) is 19.9. The molecule has 1 amide bonds. The average Bonchev–Trinajstić information content (AvgIpc) is 2.83. The van der Waals surface area contributed by atoms with E-state index >= 15 is 0 Å². The van der Waals surface area contributed by atoms with E-state index in [1.54, 1.807) is 0 Å². The molecular weight excluding hydrogens is 484 g/mol. The monoisotopic (exact) mass is 513 g/mol. The maximum atomic E-state index is 13.5. The zero-order valence-electron chi connectivity index (χ0n) is 19.9. The highest BCUT2D eigenvalue weighted by molar-refractivity contribution is 5.95. The van der Waals surface area contributed by atoms with Gasteiger partial charge in [-0.2, -0.15) is 26.3 Å². The van der Waals surface area contributed by atoms with Crippen LogP contribution in [0.1, 0.15) is 39.9 Å². The van der Waals surface area contributed by atoms with E-state index in [9.17, 15) is 31.1 Å². The minimum Gasteiger partial charge on any atom is -0.335 e. The third-order valence-corrected chi connectivity index (χ3v) is 7.15. The van der Waals surface area contributed by atoms with Crippen LogP contribution in [0.15, 0.2) is 48.5 Å². The number of carbonyl (C=O) groups is 1. The highest BCUT2D eigenvalue weighted by atomic mass is 19.4. The van der Waals surface area contributed by atoms with Gasteiger partial charge in [0.05, 0.1) is 11.1 Å². The summed E-state index contributed by atoms with van der Waals surface area (Å²) in [4.78, 5) is 19.5. The molecule has 0 saturated carbocycles. The summed E-state index contributed by atoms with van der Waals surface area (Å²) in [6, 6.07) is 10.4. The first-order valence-electron chi connectivity index (χ1n) is 12.0. The Kier molecular flexibility index (Phi) is 7.66. The van der Waals surface area contributed by atoms with Crippen LogP contribution in [-0.4, -0.2) is 72.5 Å². The number of alkyl halides is 6. The molecule has 2 unspecified atom stereocenters. The van der Waals surface area contributed by atoms with Crippen LogP contribution in [0.2, 0.25) is 0 Å². The van der Waals surface area contributed by atoms with Crippen LogP contribution in [0.4, 0.5) is 26.3 Å². The van der Waals surface area contributed by atoms with Gasteiger partial charge in [-0.1, -0.05) is 30.3 Å². The second-order valence-electron chi connectivity index (χ2n) is 9.65. The standard InChI is InChI=1S/C26H29F6N3O/c1-33-9-11-34(12-10-33)22-7-8-35(23(17-22)13-18-5-3-2-4-6-18)24(36)19-14-20(25(27,28)29)16-21(15-19)26(30,31)32/h2-6,14-16,22-23H,7-13,17H2,1H3. The molecule has 0 spiro atoms. The minimum absolute atomic E-state index is 0.0534. The van der Waals surface area contributed by atoms with Crippen LogP contribution in [0.25, 0.3) is 0 Å². The van der Waals surface area contributed by atoms with Crippen LogP contribution in [0.5, 0.6) is 0 Å². The number of likely N-dealkylation sites (N-methyl/N-ethyl adjacent to an activating group) is 1. The number of likely N-dealkylation sites (tertiary alicyclic amines) is 1. The van der Waals surface area contributed by atoms with Gasteiger partial charge in [0.1, 0.15) is 0 Å². The van der Waals surface area contributed by atoms with Gasteiger partial charge < -0.3 is 9.80 Å². The zero-order chi connectivity index (χ0) is 26.1. The Morgan fingerprint density at radius 1 is 0.861 bits per heavy atom. The lowest BCUT2D eigenvalue weighted by Crippen LogP contribution is -2.56. The third-order valence-electron chi connectivity index (χ3n) is 7.15. The lowest BCUT2D eigenvalue weighted by atomic mass is 9.90. The summed E-state index contributed by atoms with van der Waals surface area (Å²) in [5, 5.41) is 0. The smallest absolute Gasteiger partial charge is 0.335 e. The molecule has 10 heteroatoms. The van der Waals surface area contributed by atoms with Crippen molar-refractivity contribution < 1.29 is 31.1 Å². The second kappa shape index (κ2) is 10.4. The molecule has 0 aliphatic carbocycles. The van der Waals surface area contributed by atoms with E-state index in [1.165, 1.54) is 4.90 Å². The second-order valence-corrected chi connectivity index (χ2v) is 9.65. The fourth-order valence-electron chi connectivity index (χ4n) is 5.14. The highest BCUT2D eigenvalue weighted by Crippen LogP contribution is 2.37. The molecule has 4 rings (SSSR count). The van der Waals surface area contributed by atoms with E-state index in [4.69, 9.17) is 0 Å². The molecule has 2 heterocycles. The number of hydrogen-bond acceptors (Lipinski definition) is 3. The maximum absolute atomic E-state index is 13.5. The van der Waals surface area contributed by atoms with Crippen molar-refractivity contribution in [2.45, 2.75) is 43.7 Å². The maximum Gasteiger partial charge on any atom is 0.416 e. The van der Waals surface area contributed by atoms with Crippen molar-refractivity contribution in [2.75, 3.05) is 39.8 Å². The van der Waals surface area contributed by atoms with Gasteiger partial charge >= 0.3 is 12.4 Å². The highest BCUT2D eigenvalue weighted by Gasteiger charge is 2.40. The molecule has 36 heavy (non-hydrogen) atoms. The summed E-state index contributed by atoms with van der Waals surface area (Å²) < 4.78 is 80.3. The van der Waals surface area contributed by atoms with Crippen molar-refractivity contribution in [3.05, 3.63) is 70.8 Å². The molecule has 0 radical (unpaired) electrons. The Morgan fingerprint density at radius 3 is 2.00 bits per heavy atom. The van der Waals surface area contributed by atoms with Gasteiger partial charge in [-0.05, 0) is 50.1 Å². The van der Waals surface area contributed by atoms with Crippen molar-refractivity contribution in [2.24, 2.45) is 0 Å². The van der Waals surface area contributed by atoms with E-state index in [1.807, 2.05) is 30.3 Å². The Labute approximate surface area is 206 Å². The first-order valence-corrected chi connectivity index (χ1v) is 12.0. The Morgan fingerprint density at radius 2 is 1.44 bits per heavy atom. The molecule has 2 fully saturated rings. The fraction of sp³-hybridized carbons (Fsp3) is 0.500. The summed E-state index contributed by atoms with van der Waals surface area (Å²) in [5.74, 6) is -0.802. The molecule has 2 aliphatic heterocycles. The summed E-state index contributed by atoms with van der Waals surface area (Å²) in [7, 11) is 2.06. The topological polar surface area (TPSA) is 26.8 Å². The van der Waals surface area contributed by atoms with E-state index in [-0.39, 0.29) is 24.7 Å². The number of hydrogen-bond donors (Lipinski definition) is 0.